The van der Waals surface area contributed by atoms with Crippen LogP contribution in [0.25, 0.3) is 16.8 Å². The van der Waals surface area contributed by atoms with E-state index in [0.717, 1.165) is 10.5 Å². The molecule has 0 bridgehead atoms. The number of nitrogens with zero attached hydrogens (tertiary/aromatic N) is 1. The highest BCUT2D eigenvalue weighted by atomic mass is 35.5. The van der Waals surface area contributed by atoms with Crippen molar-refractivity contribution in [1.29, 1.82) is 0 Å². The molecule has 0 unspecified atom stereocenters. The van der Waals surface area contributed by atoms with Gasteiger partial charge in [-0.25, -0.2) is 9.69 Å². The van der Waals surface area contributed by atoms with Gasteiger partial charge in [-0.05, 0) is 66.6 Å². The molecule has 0 aliphatic carbocycles. The van der Waals surface area contributed by atoms with E-state index in [1.54, 1.807) is 61.5 Å². The Kier molecular flexibility index (Phi) is 6.71. The van der Waals surface area contributed by atoms with E-state index in [1.807, 2.05) is 6.92 Å². The number of hydrogen-bond donors (Lipinski definition) is 1. The number of fused-ring (bicyclic) bond motifs is 1. The minimum absolute atomic E-state index is 0.0560. The van der Waals surface area contributed by atoms with Crippen molar-refractivity contribution >= 4 is 62.1 Å². The fourth-order valence-electron chi connectivity index (χ4n) is 4.21. The van der Waals surface area contributed by atoms with Crippen LogP contribution in [0.2, 0.25) is 5.02 Å². The Morgan fingerprint density at radius 3 is 2.36 bits per heavy atom. The Labute approximate surface area is 229 Å². The number of aryl methyl sites for hydroxylation is 2. The maximum atomic E-state index is 13.6. The largest absolute Gasteiger partial charge is 0.378 e. The molecule has 0 saturated carbocycles. The standard InChI is InChI=1S/C29H21ClN2O6S/c1-17-7-12-21(13-8-17)39(36,37)38-26-14-10-19-5-3-4-6-22(19)23(26)16-24-27(33)31-29(35)32(28(24)34)25-15-20(30)11-9-18(25)2/h3-16H,1-2H3,(H,31,33,35)/b24-16+. The molecule has 1 aliphatic heterocycles. The third-order valence-electron chi connectivity index (χ3n) is 6.24. The maximum Gasteiger partial charge on any atom is 0.339 e. The topological polar surface area (TPSA) is 110 Å². The SMILES string of the molecule is Cc1ccc(S(=O)(=O)Oc2ccc3ccccc3c2/C=C2\C(=O)NC(=O)N(c3cc(Cl)ccc3C)C2=O)cc1. The molecule has 4 aromatic rings. The van der Waals surface area contributed by atoms with Gasteiger partial charge in [0.1, 0.15) is 10.5 Å². The van der Waals surface area contributed by atoms with Crippen LogP contribution in [-0.2, 0) is 19.7 Å². The first kappa shape index (κ1) is 26.1. The lowest BCUT2D eigenvalue weighted by Crippen LogP contribution is -2.54. The summed E-state index contributed by atoms with van der Waals surface area (Å²) in [7, 11) is -4.26. The first-order valence-corrected chi connectivity index (χ1v) is 13.5. The van der Waals surface area contributed by atoms with Crippen molar-refractivity contribution in [2.24, 2.45) is 0 Å². The number of anilines is 1. The molecular weight excluding hydrogens is 540 g/mol. The second-order valence-electron chi connectivity index (χ2n) is 8.94. The Morgan fingerprint density at radius 1 is 0.897 bits per heavy atom. The summed E-state index contributed by atoms with van der Waals surface area (Å²) in [6.07, 6.45) is 1.24. The number of hydrogen-bond acceptors (Lipinski definition) is 6. The number of barbiturate groups is 1. The van der Waals surface area contributed by atoms with Crippen molar-refractivity contribution in [3.05, 3.63) is 106 Å². The van der Waals surface area contributed by atoms with Crippen LogP contribution in [0.3, 0.4) is 0 Å². The normalized spacial score (nSPS) is 15.1. The number of benzene rings is 4. The van der Waals surface area contributed by atoms with Crippen molar-refractivity contribution in [2.75, 3.05) is 4.90 Å². The summed E-state index contributed by atoms with van der Waals surface area (Å²) in [5.41, 5.74) is 1.46. The molecule has 0 radical (unpaired) electrons. The molecule has 1 fully saturated rings. The number of carbonyl (C=O) groups is 3. The molecule has 1 heterocycles. The summed E-state index contributed by atoms with van der Waals surface area (Å²) >= 11 is 6.11. The molecular formula is C29H21ClN2O6S. The number of amides is 4. The number of carbonyl (C=O) groups excluding carboxylic acids is 3. The van der Waals surface area contributed by atoms with Gasteiger partial charge in [-0.2, -0.15) is 8.42 Å². The van der Waals surface area contributed by atoms with Crippen LogP contribution >= 0.6 is 11.6 Å². The van der Waals surface area contributed by atoms with Crippen molar-refractivity contribution < 1.29 is 27.0 Å². The van der Waals surface area contributed by atoms with Crippen molar-refractivity contribution in [3.63, 3.8) is 0 Å². The smallest absolute Gasteiger partial charge is 0.339 e. The zero-order valence-corrected chi connectivity index (χ0v) is 22.3. The van der Waals surface area contributed by atoms with E-state index in [0.29, 0.717) is 21.4 Å². The highest BCUT2D eigenvalue weighted by molar-refractivity contribution is 7.87. The van der Waals surface area contributed by atoms with Crippen LogP contribution in [0, 0.1) is 13.8 Å². The van der Waals surface area contributed by atoms with Crippen molar-refractivity contribution in [1.82, 2.24) is 5.32 Å². The Bertz CT molecular complexity index is 1810. The number of urea groups is 1. The van der Waals surface area contributed by atoms with E-state index in [2.05, 4.69) is 5.32 Å². The lowest BCUT2D eigenvalue weighted by molar-refractivity contribution is -0.122. The fraction of sp³-hybridized carbons (Fsp3) is 0.0690. The van der Waals surface area contributed by atoms with E-state index in [1.165, 1.54) is 30.3 Å². The molecule has 10 heteroatoms. The molecule has 4 amide bonds. The number of imide groups is 2. The van der Waals surface area contributed by atoms with Crippen LogP contribution in [-0.4, -0.2) is 26.3 Å². The van der Waals surface area contributed by atoms with Gasteiger partial charge in [-0.3, -0.25) is 14.9 Å². The summed E-state index contributed by atoms with van der Waals surface area (Å²) in [4.78, 5) is 40.0. The first-order chi connectivity index (χ1) is 18.5. The lowest BCUT2D eigenvalue weighted by Gasteiger charge is -2.27. The molecule has 1 aliphatic rings. The van der Waals surface area contributed by atoms with E-state index < -0.39 is 28.0 Å². The fourth-order valence-corrected chi connectivity index (χ4v) is 5.33. The van der Waals surface area contributed by atoms with E-state index in [4.69, 9.17) is 15.8 Å². The third-order valence-corrected chi connectivity index (χ3v) is 7.73. The van der Waals surface area contributed by atoms with Gasteiger partial charge in [-0.1, -0.05) is 65.7 Å². The van der Waals surface area contributed by atoms with Gasteiger partial charge >= 0.3 is 16.1 Å². The molecule has 0 atom stereocenters. The average Bonchev–Trinajstić information content (AvgIpc) is 2.89. The Morgan fingerprint density at radius 2 is 1.62 bits per heavy atom. The molecule has 8 nitrogen and oxygen atoms in total. The van der Waals surface area contributed by atoms with Gasteiger partial charge in [0.15, 0.2) is 5.75 Å². The summed E-state index contributed by atoms with van der Waals surface area (Å²) in [6, 6.07) is 20.1. The van der Waals surface area contributed by atoms with Crippen LogP contribution in [0.1, 0.15) is 16.7 Å². The molecule has 0 aromatic heterocycles. The zero-order valence-electron chi connectivity index (χ0n) is 20.8. The highest BCUT2D eigenvalue weighted by Crippen LogP contribution is 2.34. The summed E-state index contributed by atoms with van der Waals surface area (Å²) in [5.74, 6) is -1.92. The average molecular weight is 561 g/mol. The summed E-state index contributed by atoms with van der Waals surface area (Å²) in [6.45, 7) is 3.52. The zero-order chi connectivity index (χ0) is 27.9. The lowest BCUT2D eigenvalue weighted by atomic mass is 9.99. The van der Waals surface area contributed by atoms with Gasteiger partial charge in [0.2, 0.25) is 0 Å². The minimum atomic E-state index is -4.26. The molecule has 5 rings (SSSR count). The molecule has 39 heavy (non-hydrogen) atoms. The van der Waals surface area contributed by atoms with Crippen LogP contribution in [0.15, 0.2) is 89.3 Å². The maximum absolute atomic E-state index is 13.6. The van der Waals surface area contributed by atoms with Gasteiger partial charge in [0, 0.05) is 10.6 Å². The highest BCUT2D eigenvalue weighted by Gasteiger charge is 2.38. The van der Waals surface area contributed by atoms with Crippen molar-refractivity contribution in [3.8, 4) is 5.75 Å². The van der Waals surface area contributed by atoms with Crippen LogP contribution < -0.4 is 14.4 Å². The van der Waals surface area contributed by atoms with Gasteiger partial charge < -0.3 is 4.18 Å². The number of rotatable bonds is 5. The first-order valence-electron chi connectivity index (χ1n) is 11.8. The van der Waals surface area contributed by atoms with Gasteiger partial charge in [-0.15, -0.1) is 0 Å². The number of halogens is 1. The summed E-state index contributed by atoms with van der Waals surface area (Å²) in [5, 5.41) is 3.72. The van der Waals surface area contributed by atoms with E-state index >= 15 is 0 Å². The predicted octanol–water partition coefficient (Wildman–Crippen LogP) is 5.54. The minimum Gasteiger partial charge on any atom is -0.378 e. The van der Waals surface area contributed by atoms with E-state index in [9.17, 15) is 22.8 Å². The Balaban J connectivity index is 1.65. The molecule has 0 spiro atoms. The van der Waals surface area contributed by atoms with Gasteiger partial charge in [0.05, 0.1) is 5.69 Å². The molecule has 1 saturated heterocycles. The summed E-state index contributed by atoms with van der Waals surface area (Å²) < 4.78 is 31.8. The van der Waals surface area contributed by atoms with Crippen LogP contribution in [0.5, 0.6) is 5.75 Å². The monoisotopic (exact) mass is 560 g/mol. The second-order valence-corrected chi connectivity index (χ2v) is 10.9. The number of nitrogens with one attached hydrogen (secondary N) is 1. The second kappa shape index (κ2) is 10.0. The Hall–Kier alpha value is -4.47. The molecule has 1 N–H and O–H groups in total. The predicted molar refractivity (Wildman–Crippen MR) is 148 cm³/mol. The molecule has 4 aromatic carbocycles. The quantitative estimate of drug-likeness (QED) is 0.195. The third kappa shape index (κ3) is 5.01. The molecule has 196 valence electrons. The van der Waals surface area contributed by atoms with Gasteiger partial charge in [0.25, 0.3) is 11.8 Å². The van der Waals surface area contributed by atoms with Crippen molar-refractivity contribution in [2.45, 2.75) is 18.7 Å². The van der Waals surface area contributed by atoms with Crippen LogP contribution in [0.4, 0.5) is 10.5 Å². The van der Waals surface area contributed by atoms with E-state index in [-0.39, 0.29) is 27.5 Å².